The Kier molecular flexibility index (Phi) is 28.0. The number of aliphatic carboxylic acids is 2. The van der Waals surface area contributed by atoms with Crippen LogP contribution < -0.4 is 59.3 Å². The van der Waals surface area contributed by atoms with E-state index in [1.165, 1.54) is 38.1 Å². The third kappa shape index (κ3) is 22.4. The van der Waals surface area contributed by atoms with E-state index in [0.29, 0.717) is 22.0 Å². The molecule has 2 aromatic carbocycles. The Morgan fingerprint density at radius 2 is 1.10 bits per heavy atom. The van der Waals surface area contributed by atoms with Gasteiger partial charge in [0.2, 0.25) is 59.1 Å². The van der Waals surface area contributed by atoms with Gasteiger partial charge in [0.15, 0.2) is 0 Å². The van der Waals surface area contributed by atoms with Crippen LogP contribution in [0.2, 0.25) is 0 Å². The Morgan fingerprint density at radius 1 is 0.583 bits per heavy atom. The summed E-state index contributed by atoms with van der Waals surface area (Å²) < 4.78 is 0. The zero-order chi connectivity index (χ0) is 63.1. The molecule has 12 atom stereocenters. The van der Waals surface area contributed by atoms with Gasteiger partial charge in [-0.25, -0.2) is 0 Å². The highest BCUT2D eigenvalue weighted by atomic mass is 32.1. The number of hydrogen-bond acceptors (Lipinski definition) is 17. The summed E-state index contributed by atoms with van der Waals surface area (Å²) in [6.07, 6.45) is -3.69. The van der Waals surface area contributed by atoms with Crippen molar-refractivity contribution in [3.8, 4) is 5.75 Å². The molecule has 0 fully saturated rings. The minimum absolute atomic E-state index is 0.0443. The molecule has 30 heteroatoms. The van der Waals surface area contributed by atoms with Gasteiger partial charge in [0.25, 0.3) is 0 Å². The molecule has 0 aliphatic heterocycles. The number of H-pyrrole nitrogens is 1. The minimum Gasteiger partial charge on any atom is -0.508 e. The number of aromatic nitrogens is 1. The lowest BCUT2D eigenvalue weighted by molar-refractivity contribution is -0.139. The van der Waals surface area contributed by atoms with Gasteiger partial charge in [-0.1, -0.05) is 64.4 Å². The normalized spacial score (nSPS) is 15.5. The summed E-state index contributed by atoms with van der Waals surface area (Å²) in [6.45, 7) is 8.26. The highest BCUT2D eigenvalue weighted by molar-refractivity contribution is 7.80. The number of rotatable bonds is 35. The van der Waals surface area contributed by atoms with Crippen LogP contribution in [-0.2, 0) is 70.4 Å². The smallest absolute Gasteiger partial charge is 0.322 e. The maximum atomic E-state index is 14.6. The van der Waals surface area contributed by atoms with Crippen molar-refractivity contribution in [3.05, 3.63) is 65.9 Å². The Balaban J connectivity index is 1.98. The number of carboxylic acids is 2. The van der Waals surface area contributed by atoms with Gasteiger partial charge in [0, 0.05) is 42.1 Å². The number of carboxylic acid groups (broad SMARTS) is 2. The molecule has 3 aromatic rings. The molecule has 0 saturated heterocycles. The molecule has 0 unspecified atom stereocenters. The molecular weight excluding hydrogens is 1120 g/mol. The first kappa shape index (κ1) is 69.9. The van der Waals surface area contributed by atoms with Crippen LogP contribution in [0.15, 0.2) is 54.7 Å². The number of para-hydroxylation sites is 1. The number of carbonyl (C=O) groups excluding carboxylic acids is 10. The van der Waals surface area contributed by atoms with Gasteiger partial charge in [-0.2, -0.15) is 12.6 Å². The molecule has 1 aromatic heterocycles. The zero-order valence-corrected chi connectivity index (χ0v) is 48.2. The third-order valence-electron chi connectivity index (χ3n) is 13.3. The van der Waals surface area contributed by atoms with Crippen molar-refractivity contribution in [1.29, 1.82) is 0 Å². The largest absolute Gasteiger partial charge is 0.508 e. The molecule has 0 saturated carbocycles. The number of fused-ring (bicyclic) bond motifs is 1. The van der Waals surface area contributed by atoms with Crippen LogP contribution in [0.4, 0.5) is 0 Å². The van der Waals surface area contributed by atoms with Crippen molar-refractivity contribution in [3.63, 3.8) is 0 Å². The Bertz CT molecular complexity index is 2810. The van der Waals surface area contributed by atoms with Gasteiger partial charge < -0.3 is 89.8 Å². The lowest BCUT2D eigenvalue weighted by atomic mass is 9.97. The number of hydrogen-bond donors (Lipinski definition) is 18. The lowest BCUT2D eigenvalue weighted by Crippen LogP contribution is -2.62. The number of amides is 10. The van der Waals surface area contributed by atoms with Gasteiger partial charge in [0.05, 0.1) is 18.6 Å². The van der Waals surface area contributed by atoms with Crippen molar-refractivity contribution in [2.24, 2.45) is 23.3 Å². The number of aliphatic hydroxyl groups excluding tert-OH is 2. The van der Waals surface area contributed by atoms with E-state index in [9.17, 15) is 78.0 Å². The highest BCUT2D eigenvalue weighted by Gasteiger charge is 2.38. The van der Waals surface area contributed by atoms with Crippen molar-refractivity contribution >= 4 is 94.5 Å². The number of primary amides is 1. The second-order valence-corrected chi connectivity index (χ2v) is 21.1. The zero-order valence-electron chi connectivity index (χ0n) is 47.3. The maximum Gasteiger partial charge on any atom is 0.322 e. The van der Waals surface area contributed by atoms with E-state index in [1.807, 2.05) is 5.32 Å². The summed E-state index contributed by atoms with van der Waals surface area (Å²) in [5.74, 6) is -14.6. The van der Waals surface area contributed by atoms with Crippen molar-refractivity contribution in [1.82, 2.24) is 52.8 Å². The van der Waals surface area contributed by atoms with Crippen LogP contribution in [0, 0.1) is 11.8 Å². The number of aromatic hydroxyl groups is 1. The summed E-state index contributed by atoms with van der Waals surface area (Å²) in [5, 5.41) is 71.5. The van der Waals surface area contributed by atoms with Crippen LogP contribution in [0.1, 0.15) is 84.8 Å². The minimum atomic E-state index is -1.71. The maximum absolute atomic E-state index is 14.6. The number of nitrogens with one attached hydrogen (secondary N) is 10. The first-order valence-electron chi connectivity index (χ1n) is 26.9. The Labute approximate surface area is 489 Å². The van der Waals surface area contributed by atoms with E-state index in [1.54, 1.807) is 58.2 Å². The SMILES string of the molecule is CC[C@H](C)[C@H](NC(=O)[C@H](CCC(=O)O)NC(=O)[C@H](Cc1c[nH]c2ccccc12)NC(=O)[C@H](CC(C)C)NC(=O)[C@@H](NC(=O)[C@@H](N)[C@@H](C)O)[C@@H](C)O)C(=O)N[C@@H](CS)C(=O)N[C@@H](Cc1ccc(O)cc1)C(=O)N[C@@H](CC(N)=O)C(=O)NCC(=O)O. The van der Waals surface area contributed by atoms with Crippen LogP contribution in [-0.4, -0.2) is 180 Å². The number of phenolic OH excluding ortho intramolecular Hbond substituents is 1. The summed E-state index contributed by atoms with van der Waals surface area (Å²) in [4.78, 5) is 163. The number of phenols is 1. The molecule has 3 rings (SSSR count). The van der Waals surface area contributed by atoms with Crippen molar-refractivity contribution < 1.29 is 83.1 Å². The lowest BCUT2D eigenvalue weighted by Gasteiger charge is -2.30. The fourth-order valence-electron chi connectivity index (χ4n) is 8.38. The van der Waals surface area contributed by atoms with E-state index in [-0.39, 0.29) is 37.4 Å². The van der Waals surface area contributed by atoms with Crippen LogP contribution in [0.5, 0.6) is 5.75 Å². The number of benzene rings is 2. The predicted molar refractivity (Wildman–Crippen MR) is 305 cm³/mol. The summed E-state index contributed by atoms with van der Waals surface area (Å²) in [7, 11) is 0. The summed E-state index contributed by atoms with van der Waals surface area (Å²) >= 11 is 4.25. The molecule has 0 aliphatic carbocycles. The quantitative estimate of drug-likeness (QED) is 0.0255. The van der Waals surface area contributed by atoms with Crippen LogP contribution in [0.25, 0.3) is 10.9 Å². The number of thiol groups is 1. The Hall–Kier alpha value is -8.35. The monoisotopic (exact) mass is 1200 g/mol. The van der Waals surface area contributed by atoms with E-state index in [2.05, 4.69) is 60.1 Å². The van der Waals surface area contributed by atoms with E-state index in [0.717, 1.165) is 0 Å². The second-order valence-electron chi connectivity index (χ2n) is 20.7. The molecule has 29 nitrogen and oxygen atoms in total. The molecule has 0 aliphatic rings. The molecule has 0 radical (unpaired) electrons. The number of aromatic amines is 1. The molecule has 0 bridgehead atoms. The number of nitrogens with two attached hydrogens (primary N) is 2. The van der Waals surface area contributed by atoms with Gasteiger partial charge >= 0.3 is 11.9 Å². The number of carbonyl (C=O) groups is 12. The van der Waals surface area contributed by atoms with Crippen LogP contribution in [0.3, 0.4) is 0 Å². The molecular formula is C54H78N12O17S. The highest BCUT2D eigenvalue weighted by Crippen LogP contribution is 2.20. The van der Waals surface area contributed by atoms with E-state index in [4.69, 9.17) is 16.6 Å². The third-order valence-corrected chi connectivity index (χ3v) is 13.7. The van der Waals surface area contributed by atoms with Gasteiger partial charge in [0.1, 0.15) is 66.7 Å². The van der Waals surface area contributed by atoms with Crippen molar-refractivity contribution in [2.45, 2.75) is 153 Å². The standard InChI is InChI=1S/C54H78N12O17S/c1-7-26(4)44(53(82)64-39(24-84)51(80)60-36(19-29-12-14-31(69)15-13-29)49(78)62-38(21-40(55)70)46(75)58-23-42(73)74)65-47(76)34(16-17-41(71)72)59-50(79)37(20-30-22-57-33-11-9-8-10-32(30)33)61-48(77)35(18-25(2)3)63-54(83)45(28(6)68)66-52(81)43(56)27(5)67/h8-15,22,25-28,34-39,43-45,57,67-69,84H,7,16-21,23-24,56H2,1-6H3,(H2,55,70)(H,58,75)(H,59,79)(H,60,80)(H,61,77)(H,62,78)(H,63,83)(H,64,82)(H,65,76)(H,66,81)(H,71,72)(H,73,74)/t26-,27+,28+,34-,35-,36-,37-,38-,39-,43-,44-,45-/m0/s1. The molecule has 10 amide bonds. The fourth-order valence-corrected chi connectivity index (χ4v) is 8.64. The van der Waals surface area contributed by atoms with Gasteiger partial charge in [-0.3, -0.25) is 57.5 Å². The first-order valence-corrected chi connectivity index (χ1v) is 27.6. The first-order chi connectivity index (χ1) is 39.5. The van der Waals surface area contributed by atoms with Crippen molar-refractivity contribution in [2.75, 3.05) is 12.3 Å². The van der Waals surface area contributed by atoms with Crippen LogP contribution >= 0.6 is 12.6 Å². The molecule has 84 heavy (non-hydrogen) atoms. The van der Waals surface area contributed by atoms with Gasteiger partial charge in [-0.15, -0.1) is 0 Å². The summed E-state index contributed by atoms with van der Waals surface area (Å²) in [5.41, 5.74) is 12.6. The molecule has 19 N–H and O–H groups in total. The van der Waals surface area contributed by atoms with Gasteiger partial charge in [-0.05, 0) is 67.9 Å². The van der Waals surface area contributed by atoms with E-state index >= 15 is 0 Å². The number of aliphatic hydroxyl groups is 2. The van der Waals surface area contributed by atoms with E-state index < -0.39 is 175 Å². The summed E-state index contributed by atoms with van der Waals surface area (Å²) in [6, 6.07) is -1.80. The Morgan fingerprint density at radius 3 is 1.64 bits per heavy atom. The second kappa shape index (κ2) is 33.7. The predicted octanol–water partition coefficient (Wildman–Crippen LogP) is -3.41. The fraction of sp³-hybridized carbons (Fsp3) is 0.519. The average Bonchev–Trinajstić information content (AvgIpc) is 3.94. The average molecular weight is 1200 g/mol. The topological polar surface area (TPSA) is 482 Å². The molecule has 0 spiro atoms. The molecule has 462 valence electrons. The molecule has 1 heterocycles.